The second kappa shape index (κ2) is 7.29. The number of hydrogen-bond donors (Lipinski definition) is 2. The maximum absolute atomic E-state index is 12.6. The molecule has 1 heterocycles. The fourth-order valence-corrected chi connectivity index (χ4v) is 4.09. The summed E-state index contributed by atoms with van der Waals surface area (Å²) >= 11 is 0. The van der Waals surface area contributed by atoms with Crippen molar-refractivity contribution in [1.29, 1.82) is 0 Å². The van der Waals surface area contributed by atoms with Crippen molar-refractivity contribution in [2.75, 3.05) is 20.8 Å². The van der Waals surface area contributed by atoms with E-state index in [4.69, 9.17) is 4.74 Å². The summed E-state index contributed by atoms with van der Waals surface area (Å²) in [6.45, 7) is 2.79. The van der Waals surface area contributed by atoms with E-state index in [1.165, 1.54) is 32.4 Å². The minimum atomic E-state index is -3.73. The lowest BCUT2D eigenvalue weighted by Crippen LogP contribution is -2.46. The molecular weight excluding hydrogens is 320 g/mol. The van der Waals surface area contributed by atoms with E-state index in [9.17, 15) is 13.2 Å². The molecule has 1 fully saturated rings. The number of ether oxygens (including phenoxy) is 2. The predicted molar refractivity (Wildman–Crippen MR) is 85.1 cm³/mol. The van der Waals surface area contributed by atoms with Crippen molar-refractivity contribution in [2.24, 2.45) is 0 Å². The Hall–Kier alpha value is -1.64. The van der Waals surface area contributed by atoms with Gasteiger partial charge in [0.05, 0.1) is 19.8 Å². The van der Waals surface area contributed by atoms with Gasteiger partial charge < -0.3 is 14.8 Å². The molecule has 2 N–H and O–H groups in total. The van der Waals surface area contributed by atoms with Crippen LogP contribution in [0.3, 0.4) is 0 Å². The normalized spacial score (nSPS) is 21.7. The van der Waals surface area contributed by atoms with E-state index in [1.807, 2.05) is 6.92 Å². The van der Waals surface area contributed by atoms with Gasteiger partial charge in [-0.3, -0.25) is 0 Å². The number of carbonyl (C=O) groups is 1. The predicted octanol–water partition coefficient (Wildman–Crippen LogP) is 0.901. The molecule has 1 aliphatic heterocycles. The molecule has 2 rings (SSSR count). The summed E-state index contributed by atoms with van der Waals surface area (Å²) in [6.07, 6.45) is 1.45. The van der Waals surface area contributed by atoms with E-state index in [0.29, 0.717) is 0 Å². The second-order valence-corrected chi connectivity index (χ2v) is 7.24. The Morgan fingerprint density at radius 3 is 2.70 bits per heavy atom. The molecule has 2 unspecified atom stereocenters. The zero-order valence-electron chi connectivity index (χ0n) is 13.5. The van der Waals surface area contributed by atoms with Gasteiger partial charge in [-0.25, -0.2) is 17.9 Å². The number of benzene rings is 1. The highest BCUT2D eigenvalue weighted by molar-refractivity contribution is 7.89. The van der Waals surface area contributed by atoms with Gasteiger partial charge in [0, 0.05) is 12.1 Å². The average Bonchev–Trinajstić information content (AvgIpc) is 2.53. The Balaban J connectivity index is 2.26. The van der Waals surface area contributed by atoms with E-state index in [-0.39, 0.29) is 28.3 Å². The summed E-state index contributed by atoms with van der Waals surface area (Å²) in [6, 6.07) is 4.28. The van der Waals surface area contributed by atoms with Gasteiger partial charge in [0.1, 0.15) is 10.6 Å². The van der Waals surface area contributed by atoms with Gasteiger partial charge in [0.2, 0.25) is 10.0 Å². The zero-order chi connectivity index (χ0) is 17.0. The maximum Gasteiger partial charge on any atom is 0.337 e. The third-order valence-electron chi connectivity index (χ3n) is 3.82. The van der Waals surface area contributed by atoms with Crippen molar-refractivity contribution in [3.63, 3.8) is 0 Å². The largest absolute Gasteiger partial charge is 0.495 e. The molecule has 128 valence electrons. The number of methoxy groups -OCH3 is 2. The Bertz CT molecular complexity index is 674. The molecule has 1 aliphatic rings. The summed E-state index contributed by atoms with van der Waals surface area (Å²) in [5.41, 5.74) is 0.235. The highest BCUT2D eigenvalue weighted by Crippen LogP contribution is 2.26. The van der Waals surface area contributed by atoms with Crippen LogP contribution in [-0.2, 0) is 14.8 Å². The first kappa shape index (κ1) is 17.7. The summed E-state index contributed by atoms with van der Waals surface area (Å²) in [5, 5.41) is 3.28. The van der Waals surface area contributed by atoms with Crippen LogP contribution >= 0.6 is 0 Å². The summed E-state index contributed by atoms with van der Waals surface area (Å²) in [5.74, 6) is -0.435. The fraction of sp³-hybridized carbons (Fsp3) is 0.533. The molecule has 0 spiro atoms. The minimum Gasteiger partial charge on any atom is -0.495 e. The van der Waals surface area contributed by atoms with Crippen molar-refractivity contribution in [3.05, 3.63) is 23.8 Å². The van der Waals surface area contributed by atoms with Gasteiger partial charge in [0.15, 0.2) is 0 Å². The van der Waals surface area contributed by atoms with Gasteiger partial charge in [-0.1, -0.05) is 0 Å². The number of nitrogens with one attached hydrogen (secondary N) is 2. The van der Waals surface area contributed by atoms with Crippen LogP contribution in [0.1, 0.15) is 30.1 Å². The van der Waals surface area contributed by atoms with E-state index >= 15 is 0 Å². The molecule has 1 saturated heterocycles. The first-order valence-corrected chi connectivity index (χ1v) is 8.87. The highest BCUT2D eigenvalue weighted by Gasteiger charge is 2.27. The number of piperidine rings is 1. The fourth-order valence-electron chi connectivity index (χ4n) is 2.66. The first-order chi connectivity index (χ1) is 10.9. The van der Waals surface area contributed by atoms with Crippen LogP contribution in [0.5, 0.6) is 5.75 Å². The lowest BCUT2D eigenvalue weighted by molar-refractivity contribution is 0.0600. The third-order valence-corrected chi connectivity index (χ3v) is 5.38. The standard InChI is InChI=1S/C15H22N2O5S/c1-10-8-12(6-7-16-10)17-23(19,20)14-5-4-11(15(18)22-3)9-13(14)21-2/h4-5,9-10,12,16-17H,6-8H2,1-3H3. The second-order valence-electron chi connectivity index (χ2n) is 5.55. The Morgan fingerprint density at radius 2 is 2.09 bits per heavy atom. The molecule has 1 aromatic carbocycles. The van der Waals surface area contributed by atoms with Crippen molar-refractivity contribution < 1.29 is 22.7 Å². The van der Waals surface area contributed by atoms with Crippen LogP contribution in [0.4, 0.5) is 0 Å². The molecule has 7 nitrogen and oxygen atoms in total. The van der Waals surface area contributed by atoms with Crippen LogP contribution in [0.15, 0.2) is 23.1 Å². The first-order valence-electron chi connectivity index (χ1n) is 7.39. The summed E-state index contributed by atoms with van der Waals surface area (Å²) in [7, 11) is -1.10. The molecule has 0 aromatic heterocycles. The van der Waals surface area contributed by atoms with Crippen LogP contribution < -0.4 is 14.8 Å². The quantitative estimate of drug-likeness (QED) is 0.772. The average molecular weight is 342 g/mol. The van der Waals surface area contributed by atoms with Gasteiger partial charge in [-0.15, -0.1) is 0 Å². The van der Waals surface area contributed by atoms with Gasteiger partial charge in [0.25, 0.3) is 0 Å². The van der Waals surface area contributed by atoms with Crippen LogP contribution in [0.2, 0.25) is 0 Å². The van der Waals surface area contributed by atoms with E-state index in [2.05, 4.69) is 14.8 Å². The van der Waals surface area contributed by atoms with E-state index in [1.54, 1.807) is 0 Å². The highest BCUT2D eigenvalue weighted by atomic mass is 32.2. The topological polar surface area (TPSA) is 93.7 Å². The number of carbonyl (C=O) groups excluding carboxylic acids is 1. The Labute approximate surface area is 136 Å². The Kier molecular flexibility index (Phi) is 5.61. The molecule has 0 radical (unpaired) electrons. The molecule has 2 atom stereocenters. The number of hydrogen-bond acceptors (Lipinski definition) is 6. The third kappa shape index (κ3) is 4.21. The zero-order valence-corrected chi connectivity index (χ0v) is 14.3. The number of sulfonamides is 1. The number of rotatable bonds is 5. The molecule has 0 bridgehead atoms. The van der Waals surface area contributed by atoms with E-state index < -0.39 is 16.0 Å². The van der Waals surface area contributed by atoms with Crippen molar-refractivity contribution >= 4 is 16.0 Å². The minimum absolute atomic E-state index is 0.0128. The van der Waals surface area contributed by atoms with Gasteiger partial charge >= 0.3 is 5.97 Å². The molecule has 1 aromatic rings. The van der Waals surface area contributed by atoms with Crippen LogP contribution in [0, 0.1) is 0 Å². The van der Waals surface area contributed by atoms with Crippen molar-refractivity contribution in [2.45, 2.75) is 36.7 Å². The molecule has 0 amide bonds. The molecule has 0 aliphatic carbocycles. The number of esters is 1. The van der Waals surface area contributed by atoms with Gasteiger partial charge in [-0.2, -0.15) is 0 Å². The van der Waals surface area contributed by atoms with Crippen molar-refractivity contribution in [1.82, 2.24) is 10.0 Å². The lowest BCUT2D eigenvalue weighted by Gasteiger charge is -2.28. The van der Waals surface area contributed by atoms with Gasteiger partial charge in [-0.05, 0) is 44.5 Å². The SMILES string of the molecule is COC(=O)c1ccc(S(=O)(=O)NC2CCNC(C)C2)c(OC)c1. The molecule has 23 heavy (non-hydrogen) atoms. The molecule has 8 heteroatoms. The lowest BCUT2D eigenvalue weighted by atomic mass is 10.0. The monoisotopic (exact) mass is 342 g/mol. The molecule has 0 saturated carbocycles. The van der Waals surface area contributed by atoms with Crippen molar-refractivity contribution in [3.8, 4) is 5.75 Å². The Morgan fingerprint density at radius 1 is 1.35 bits per heavy atom. The van der Waals surface area contributed by atoms with E-state index in [0.717, 1.165) is 19.4 Å². The maximum atomic E-state index is 12.6. The smallest absolute Gasteiger partial charge is 0.337 e. The van der Waals surface area contributed by atoms with Crippen LogP contribution in [0.25, 0.3) is 0 Å². The summed E-state index contributed by atoms with van der Waals surface area (Å²) in [4.78, 5) is 11.6. The molecular formula is C15H22N2O5S. The summed E-state index contributed by atoms with van der Waals surface area (Å²) < 4.78 is 37.7. The van der Waals surface area contributed by atoms with Crippen LogP contribution in [-0.4, -0.2) is 47.2 Å².